The number of methoxy groups -OCH3 is 1. The standard InChI is InChI=1S/C15H13BrO4/c1-9-3-6-13(20-9)12(17)5-4-10-7-11(16)15(18)14(8-10)19-2/h3-8,18H,1-2H3/b5-4+. The van der Waals surface area contributed by atoms with Gasteiger partial charge in [-0.2, -0.15) is 0 Å². The van der Waals surface area contributed by atoms with Gasteiger partial charge >= 0.3 is 0 Å². The molecule has 0 amide bonds. The summed E-state index contributed by atoms with van der Waals surface area (Å²) in [6, 6.07) is 6.70. The molecule has 0 fully saturated rings. The Bertz CT molecular complexity index is 671. The van der Waals surface area contributed by atoms with Crippen molar-refractivity contribution in [1.82, 2.24) is 0 Å². The zero-order chi connectivity index (χ0) is 14.7. The van der Waals surface area contributed by atoms with Crippen molar-refractivity contribution in [2.24, 2.45) is 0 Å². The molecule has 2 rings (SSSR count). The smallest absolute Gasteiger partial charge is 0.221 e. The van der Waals surface area contributed by atoms with Crippen LogP contribution in [0.15, 0.2) is 39.2 Å². The fourth-order valence-corrected chi connectivity index (χ4v) is 2.13. The van der Waals surface area contributed by atoms with Gasteiger partial charge in [0.25, 0.3) is 0 Å². The Kier molecular flexibility index (Phi) is 4.29. The van der Waals surface area contributed by atoms with Crippen molar-refractivity contribution in [3.63, 3.8) is 0 Å². The van der Waals surface area contributed by atoms with Gasteiger partial charge in [-0.3, -0.25) is 4.79 Å². The molecule has 1 aromatic carbocycles. The highest BCUT2D eigenvalue weighted by atomic mass is 79.9. The lowest BCUT2D eigenvalue weighted by Gasteiger charge is -2.06. The summed E-state index contributed by atoms with van der Waals surface area (Å²) in [6.07, 6.45) is 3.05. The average Bonchev–Trinajstić information content (AvgIpc) is 2.86. The van der Waals surface area contributed by atoms with E-state index in [1.165, 1.54) is 13.2 Å². The van der Waals surface area contributed by atoms with Gasteiger partial charge in [0.2, 0.25) is 5.78 Å². The molecule has 0 saturated heterocycles. The molecule has 0 aliphatic rings. The van der Waals surface area contributed by atoms with Crippen molar-refractivity contribution < 1.29 is 19.1 Å². The van der Waals surface area contributed by atoms with Gasteiger partial charge in [0.1, 0.15) is 5.76 Å². The quantitative estimate of drug-likeness (QED) is 0.678. The van der Waals surface area contributed by atoms with E-state index in [1.807, 2.05) is 0 Å². The molecule has 0 aliphatic heterocycles. The fraction of sp³-hybridized carbons (Fsp3) is 0.133. The molecule has 1 heterocycles. The van der Waals surface area contributed by atoms with Crippen LogP contribution in [0.3, 0.4) is 0 Å². The number of carbonyl (C=O) groups is 1. The number of carbonyl (C=O) groups excluding carboxylic acids is 1. The Hall–Kier alpha value is -2.01. The third-order valence-corrected chi connectivity index (χ3v) is 3.29. The van der Waals surface area contributed by atoms with Gasteiger partial charge in [-0.1, -0.05) is 6.08 Å². The van der Waals surface area contributed by atoms with E-state index < -0.39 is 0 Å². The molecule has 0 saturated carbocycles. The van der Waals surface area contributed by atoms with E-state index in [0.29, 0.717) is 21.7 Å². The lowest BCUT2D eigenvalue weighted by molar-refractivity contribution is 0.102. The normalized spacial score (nSPS) is 10.9. The number of phenolic OH excluding ortho intramolecular Hbond substituents is 1. The van der Waals surface area contributed by atoms with Gasteiger partial charge in [-0.05, 0) is 58.8 Å². The molecular weight excluding hydrogens is 324 g/mol. The minimum Gasteiger partial charge on any atom is -0.503 e. The molecule has 104 valence electrons. The number of furan rings is 1. The molecule has 0 aliphatic carbocycles. The molecule has 5 heteroatoms. The minimum absolute atomic E-state index is 0.0256. The zero-order valence-electron chi connectivity index (χ0n) is 11.0. The predicted octanol–water partition coefficient (Wildman–Crippen LogP) is 3.96. The Morgan fingerprint density at radius 1 is 1.40 bits per heavy atom. The van der Waals surface area contributed by atoms with Gasteiger partial charge in [0.15, 0.2) is 17.3 Å². The number of aryl methyl sites for hydroxylation is 1. The molecule has 1 N–H and O–H groups in total. The van der Waals surface area contributed by atoms with Crippen LogP contribution in [0, 0.1) is 6.92 Å². The number of ether oxygens (including phenoxy) is 1. The monoisotopic (exact) mass is 336 g/mol. The Morgan fingerprint density at radius 2 is 2.15 bits per heavy atom. The lowest BCUT2D eigenvalue weighted by Crippen LogP contribution is -1.91. The van der Waals surface area contributed by atoms with Crippen LogP contribution in [0.4, 0.5) is 0 Å². The number of halogens is 1. The SMILES string of the molecule is COc1cc(/C=C/C(=O)c2ccc(C)o2)cc(Br)c1O. The number of hydrogen-bond donors (Lipinski definition) is 1. The number of rotatable bonds is 4. The van der Waals surface area contributed by atoms with Crippen LogP contribution >= 0.6 is 15.9 Å². The van der Waals surface area contributed by atoms with Crippen molar-refractivity contribution in [2.75, 3.05) is 7.11 Å². The number of aromatic hydroxyl groups is 1. The summed E-state index contributed by atoms with van der Waals surface area (Å²) in [7, 11) is 1.46. The predicted molar refractivity (Wildman–Crippen MR) is 79.2 cm³/mol. The van der Waals surface area contributed by atoms with Gasteiger partial charge in [-0.15, -0.1) is 0 Å². The third-order valence-electron chi connectivity index (χ3n) is 2.68. The van der Waals surface area contributed by atoms with Crippen molar-refractivity contribution in [3.05, 3.63) is 51.9 Å². The summed E-state index contributed by atoms with van der Waals surface area (Å²) in [5, 5.41) is 9.70. The van der Waals surface area contributed by atoms with Crippen molar-refractivity contribution in [1.29, 1.82) is 0 Å². The second-order valence-corrected chi connectivity index (χ2v) is 5.02. The number of allylic oxidation sites excluding steroid dienone is 1. The summed E-state index contributed by atoms with van der Waals surface area (Å²) < 4.78 is 10.8. The summed E-state index contributed by atoms with van der Waals surface area (Å²) in [5.74, 6) is 1.12. The van der Waals surface area contributed by atoms with Crippen LogP contribution in [-0.2, 0) is 0 Å². The first kappa shape index (κ1) is 14.4. The second-order valence-electron chi connectivity index (χ2n) is 4.16. The first-order valence-electron chi connectivity index (χ1n) is 5.86. The third kappa shape index (κ3) is 3.11. The van der Waals surface area contributed by atoms with E-state index >= 15 is 0 Å². The molecule has 0 bridgehead atoms. The molecule has 20 heavy (non-hydrogen) atoms. The Labute approximate surface area is 124 Å². The van der Waals surface area contributed by atoms with E-state index in [9.17, 15) is 9.90 Å². The van der Waals surface area contributed by atoms with Crippen LogP contribution in [0.1, 0.15) is 21.9 Å². The largest absolute Gasteiger partial charge is 0.503 e. The van der Waals surface area contributed by atoms with E-state index in [0.717, 1.165) is 5.56 Å². The summed E-state index contributed by atoms with van der Waals surface area (Å²) in [5.41, 5.74) is 0.725. The number of ketones is 1. The minimum atomic E-state index is -0.221. The zero-order valence-corrected chi connectivity index (χ0v) is 12.6. The van der Waals surface area contributed by atoms with Gasteiger partial charge in [0, 0.05) is 0 Å². The van der Waals surface area contributed by atoms with Crippen LogP contribution in [-0.4, -0.2) is 18.0 Å². The van der Waals surface area contributed by atoms with Crippen molar-refractivity contribution >= 4 is 27.8 Å². The van der Waals surface area contributed by atoms with Crippen LogP contribution in [0.25, 0.3) is 6.08 Å². The van der Waals surface area contributed by atoms with E-state index in [2.05, 4.69) is 15.9 Å². The van der Waals surface area contributed by atoms with Gasteiger partial charge < -0.3 is 14.3 Å². The summed E-state index contributed by atoms with van der Waals surface area (Å²) in [4.78, 5) is 11.9. The maximum Gasteiger partial charge on any atom is 0.221 e. The lowest BCUT2D eigenvalue weighted by atomic mass is 10.1. The van der Waals surface area contributed by atoms with Gasteiger partial charge in [-0.25, -0.2) is 0 Å². The number of phenols is 1. The first-order chi connectivity index (χ1) is 9.51. The molecule has 0 unspecified atom stereocenters. The van der Waals surface area contributed by atoms with Gasteiger partial charge in [0.05, 0.1) is 11.6 Å². The highest BCUT2D eigenvalue weighted by Gasteiger charge is 2.09. The number of benzene rings is 1. The fourth-order valence-electron chi connectivity index (χ4n) is 1.67. The van der Waals surface area contributed by atoms with Crippen molar-refractivity contribution in [3.8, 4) is 11.5 Å². The molecule has 4 nitrogen and oxygen atoms in total. The molecule has 1 aromatic heterocycles. The molecule has 0 atom stereocenters. The molecular formula is C15H13BrO4. The Morgan fingerprint density at radius 3 is 2.75 bits per heavy atom. The Balaban J connectivity index is 2.23. The molecule has 0 spiro atoms. The number of hydrogen-bond acceptors (Lipinski definition) is 4. The highest BCUT2D eigenvalue weighted by molar-refractivity contribution is 9.10. The summed E-state index contributed by atoms with van der Waals surface area (Å²) >= 11 is 3.23. The molecule has 2 aromatic rings. The first-order valence-corrected chi connectivity index (χ1v) is 6.66. The van der Waals surface area contributed by atoms with Crippen LogP contribution < -0.4 is 4.74 Å². The average molecular weight is 337 g/mol. The van der Waals surface area contributed by atoms with Crippen LogP contribution in [0.5, 0.6) is 11.5 Å². The van der Waals surface area contributed by atoms with Crippen molar-refractivity contribution in [2.45, 2.75) is 6.92 Å². The van der Waals surface area contributed by atoms with E-state index in [4.69, 9.17) is 9.15 Å². The summed E-state index contributed by atoms with van der Waals surface area (Å²) in [6.45, 7) is 1.78. The van der Waals surface area contributed by atoms with E-state index in [-0.39, 0.29) is 11.5 Å². The van der Waals surface area contributed by atoms with E-state index in [1.54, 1.807) is 37.3 Å². The second kappa shape index (κ2) is 5.96. The molecule has 0 radical (unpaired) electrons. The van der Waals surface area contributed by atoms with Crippen LogP contribution in [0.2, 0.25) is 0 Å². The highest BCUT2D eigenvalue weighted by Crippen LogP contribution is 2.35. The maximum absolute atomic E-state index is 11.9. The topological polar surface area (TPSA) is 59.7 Å². The maximum atomic E-state index is 11.9.